The van der Waals surface area contributed by atoms with Crippen molar-refractivity contribution < 1.29 is 9.18 Å². The Hall–Kier alpha value is -4.30. The highest BCUT2D eigenvalue weighted by Gasteiger charge is 2.30. The van der Waals surface area contributed by atoms with Crippen LogP contribution in [0.4, 0.5) is 10.2 Å². The topological polar surface area (TPSA) is 71.3 Å². The van der Waals surface area contributed by atoms with Gasteiger partial charge in [0.05, 0.1) is 16.9 Å². The van der Waals surface area contributed by atoms with Crippen LogP contribution in [0.25, 0.3) is 33.8 Å². The fourth-order valence-corrected chi connectivity index (χ4v) is 6.00. The molecule has 0 unspecified atom stereocenters. The number of carbonyl (C=O) groups is 1. The van der Waals surface area contributed by atoms with Gasteiger partial charge in [-0.3, -0.25) is 14.3 Å². The van der Waals surface area contributed by atoms with Gasteiger partial charge in [0.25, 0.3) is 0 Å². The van der Waals surface area contributed by atoms with Crippen LogP contribution in [0.3, 0.4) is 0 Å². The first-order valence-corrected chi connectivity index (χ1v) is 14.3. The Morgan fingerprint density at radius 2 is 1.95 bits per heavy atom. The summed E-state index contributed by atoms with van der Waals surface area (Å²) in [5, 5.41) is 0.942. The van der Waals surface area contributed by atoms with E-state index in [1.807, 2.05) is 38.7 Å². The number of fused-ring (bicyclic) bond motifs is 1. The second-order valence-corrected chi connectivity index (χ2v) is 11.3. The lowest BCUT2D eigenvalue weighted by atomic mass is 9.97. The molecule has 0 saturated carbocycles. The van der Waals surface area contributed by atoms with Gasteiger partial charge in [-0.1, -0.05) is 56.8 Å². The van der Waals surface area contributed by atoms with E-state index < -0.39 is 11.5 Å². The Morgan fingerprint density at radius 1 is 1.19 bits per heavy atom. The lowest BCUT2D eigenvalue weighted by Crippen LogP contribution is -2.54. The third kappa shape index (κ3) is 5.00. The zero-order valence-corrected chi connectivity index (χ0v) is 25.0. The molecule has 4 aromatic rings. The lowest BCUT2D eigenvalue weighted by Gasteiger charge is -2.40. The van der Waals surface area contributed by atoms with Crippen molar-refractivity contribution >= 4 is 40.3 Å². The normalized spacial score (nSPS) is 15.4. The van der Waals surface area contributed by atoms with Gasteiger partial charge in [-0.05, 0) is 61.2 Å². The van der Waals surface area contributed by atoms with E-state index in [0.717, 1.165) is 11.3 Å². The quantitative estimate of drug-likeness (QED) is 0.240. The van der Waals surface area contributed by atoms with Gasteiger partial charge >= 0.3 is 5.69 Å². The molecule has 216 valence electrons. The van der Waals surface area contributed by atoms with Crippen LogP contribution in [0.15, 0.2) is 66.6 Å². The van der Waals surface area contributed by atoms with Crippen molar-refractivity contribution in [3.05, 3.63) is 100.0 Å². The largest absolute Gasteiger partial charge is 0.354 e. The molecule has 7 nitrogen and oxygen atoms in total. The number of benzene rings is 2. The third-order valence-electron chi connectivity index (χ3n) is 7.81. The number of carbonyl (C=O) groups excluding carboxylic acids is 1. The smallest absolute Gasteiger partial charge is 0.350 e. The van der Waals surface area contributed by atoms with Gasteiger partial charge in [0, 0.05) is 53.4 Å². The van der Waals surface area contributed by atoms with Gasteiger partial charge in [-0.2, -0.15) is 4.98 Å². The third-order valence-corrected chi connectivity index (χ3v) is 8.12. The average molecular weight is 586 g/mol. The van der Waals surface area contributed by atoms with E-state index in [4.69, 9.17) is 11.6 Å². The van der Waals surface area contributed by atoms with Gasteiger partial charge < -0.3 is 9.80 Å². The average Bonchev–Trinajstić information content (AvgIpc) is 2.96. The van der Waals surface area contributed by atoms with Crippen molar-refractivity contribution in [3.63, 3.8) is 0 Å². The molecule has 9 heteroatoms. The van der Waals surface area contributed by atoms with Crippen molar-refractivity contribution in [1.29, 1.82) is 0 Å². The van der Waals surface area contributed by atoms with Gasteiger partial charge in [-0.15, -0.1) is 0 Å². The Morgan fingerprint density at radius 3 is 2.62 bits per heavy atom. The van der Waals surface area contributed by atoms with E-state index in [1.165, 1.54) is 12.1 Å². The Kier molecular flexibility index (Phi) is 8.01. The fraction of sp³-hybridized carbons (Fsp3) is 0.273. The van der Waals surface area contributed by atoms with E-state index in [-0.39, 0.29) is 17.9 Å². The number of nitrogens with zero attached hydrogens (tertiary/aromatic N) is 5. The molecule has 5 rings (SSSR count). The van der Waals surface area contributed by atoms with Crippen molar-refractivity contribution in [2.24, 2.45) is 0 Å². The number of pyridine rings is 1. The molecule has 1 fully saturated rings. The number of rotatable bonds is 6. The SMILES string of the molecule is C=CC(=O)N1CCN(c2nc(=O)n(-c3c(C)ccnc3C(C)C)c3cc(-c4c(F)cccc4C=C)c(Cl)cc23)[C@@H](C)C1. The first-order valence-electron chi connectivity index (χ1n) is 13.9. The minimum absolute atomic E-state index is 0.0164. The minimum Gasteiger partial charge on any atom is -0.350 e. The second-order valence-electron chi connectivity index (χ2n) is 10.9. The number of aryl methyl sites for hydroxylation is 1. The molecule has 0 bridgehead atoms. The molecule has 1 aliphatic heterocycles. The van der Waals surface area contributed by atoms with Crippen LogP contribution in [-0.2, 0) is 4.79 Å². The predicted molar refractivity (Wildman–Crippen MR) is 168 cm³/mol. The molecule has 0 radical (unpaired) electrons. The van der Waals surface area contributed by atoms with Crippen LogP contribution < -0.4 is 10.6 Å². The highest BCUT2D eigenvalue weighted by molar-refractivity contribution is 6.34. The summed E-state index contributed by atoms with van der Waals surface area (Å²) in [7, 11) is 0. The van der Waals surface area contributed by atoms with E-state index in [1.54, 1.807) is 46.0 Å². The molecule has 2 aromatic heterocycles. The number of aromatic nitrogens is 3. The minimum atomic E-state index is -0.488. The Labute approximate surface area is 249 Å². The maximum atomic E-state index is 15.3. The molecule has 1 saturated heterocycles. The highest BCUT2D eigenvalue weighted by Crippen LogP contribution is 2.39. The monoisotopic (exact) mass is 585 g/mol. The molecule has 0 N–H and O–H groups in total. The summed E-state index contributed by atoms with van der Waals surface area (Å²) >= 11 is 6.91. The molecule has 1 amide bonds. The molecular weight excluding hydrogens is 553 g/mol. The summed E-state index contributed by atoms with van der Waals surface area (Å²) < 4.78 is 16.9. The van der Waals surface area contributed by atoms with Crippen LogP contribution >= 0.6 is 11.6 Å². The summed E-state index contributed by atoms with van der Waals surface area (Å²) in [5.74, 6) is -0.113. The molecular formula is C33H33ClFN5O2. The summed E-state index contributed by atoms with van der Waals surface area (Å²) in [6.07, 6.45) is 4.62. The maximum absolute atomic E-state index is 15.3. The van der Waals surface area contributed by atoms with E-state index in [2.05, 4.69) is 23.1 Å². The molecule has 1 atom stereocenters. The van der Waals surface area contributed by atoms with Crippen LogP contribution in [0.1, 0.15) is 43.5 Å². The summed E-state index contributed by atoms with van der Waals surface area (Å²) in [5.41, 5.74) is 3.59. The zero-order chi connectivity index (χ0) is 30.3. The first kappa shape index (κ1) is 29.2. The van der Waals surface area contributed by atoms with Crippen LogP contribution in [0.2, 0.25) is 5.02 Å². The van der Waals surface area contributed by atoms with Crippen LogP contribution in [-0.4, -0.2) is 51.0 Å². The van der Waals surface area contributed by atoms with Gasteiger partial charge in [0.2, 0.25) is 5.91 Å². The number of halogens is 2. The number of amides is 1. The molecule has 2 aromatic carbocycles. The molecule has 0 spiro atoms. The van der Waals surface area contributed by atoms with E-state index in [0.29, 0.717) is 63.8 Å². The van der Waals surface area contributed by atoms with Crippen LogP contribution in [0.5, 0.6) is 0 Å². The number of hydrogen-bond donors (Lipinski definition) is 0. The molecule has 1 aliphatic rings. The Balaban J connectivity index is 1.85. The maximum Gasteiger partial charge on any atom is 0.354 e. The fourth-order valence-electron chi connectivity index (χ4n) is 5.74. The molecule has 42 heavy (non-hydrogen) atoms. The highest BCUT2D eigenvalue weighted by atomic mass is 35.5. The first-order chi connectivity index (χ1) is 20.1. The number of anilines is 1. The predicted octanol–water partition coefficient (Wildman–Crippen LogP) is 6.54. The van der Waals surface area contributed by atoms with Gasteiger partial charge in [0.15, 0.2) is 0 Å². The van der Waals surface area contributed by atoms with E-state index in [9.17, 15) is 9.59 Å². The molecule has 3 heterocycles. The van der Waals surface area contributed by atoms with Gasteiger partial charge in [-0.25, -0.2) is 9.18 Å². The van der Waals surface area contributed by atoms with Crippen LogP contribution in [0, 0.1) is 12.7 Å². The van der Waals surface area contributed by atoms with E-state index >= 15 is 4.39 Å². The standard InChI is InChI=1S/C33H33ClFN5O2/c1-7-22-10-9-11-26(35)29(22)23-17-27-24(16-25(23)34)32(39-15-14-38(18-21(39)6)28(41)8-2)37-33(42)40(27)31-20(5)12-13-36-30(31)19(3)4/h7-13,16-17,19,21H,1-2,14-15,18H2,3-6H3/t21-/m0/s1. The number of hydrogen-bond acceptors (Lipinski definition) is 5. The van der Waals surface area contributed by atoms with Gasteiger partial charge in [0.1, 0.15) is 11.6 Å². The Bertz CT molecular complexity index is 1800. The lowest BCUT2D eigenvalue weighted by molar-refractivity contribution is -0.126. The van der Waals surface area contributed by atoms with Crippen molar-refractivity contribution in [2.75, 3.05) is 24.5 Å². The van der Waals surface area contributed by atoms with Crippen molar-refractivity contribution in [1.82, 2.24) is 19.4 Å². The van der Waals surface area contributed by atoms with Crippen molar-refractivity contribution in [3.8, 4) is 16.8 Å². The second kappa shape index (κ2) is 11.5. The van der Waals surface area contributed by atoms with Crippen molar-refractivity contribution in [2.45, 2.75) is 39.7 Å². The zero-order valence-electron chi connectivity index (χ0n) is 24.2. The summed E-state index contributed by atoms with van der Waals surface area (Å²) in [6.45, 7) is 16.8. The summed E-state index contributed by atoms with van der Waals surface area (Å²) in [6, 6.07) is 9.99. The number of piperazine rings is 1. The molecule has 0 aliphatic carbocycles. The summed E-state index contributed by atoms with van der Waals surface area (Å²) in [4.78, 5) is 39.3.